The highest BCUT2D eigenvalue weighted by Gasteiger charge is 2.29. The Morgan fingerprint density at radius 2 is 1.97 bits per heavy atom. The van der Waals surface area contributed by atoms with E-state index < -0.39 is 0 Å². The normalized spacial score (nSPS) is 19.3. The summed E-state index contributed by atoms with van der Waals surface area (Å²) >= 11 is 0. The summed E-state index contributed by atoms with van der Waals surface area (Å²) < 4.78 is 13.0. The number of carbonyl (C=O) groups is 2. The second-order valence-corrected chi connectivity index (χ2v) is 7.35. The Morgan fingerprint density at radius 1 is 1.17 bits per heavy atom. The van der Waals surface area contributed by atoms with Gasteiger partial charge in [-0.1, -0.05) is 0 Å². The van der Waals surface area contributed by atoms with Gasteiger partial charge in [-0.15, -0.1) is 0 Å². The fourth-order valence-corrected chi connectivity index (χ4v) is 3.75. The molecule has 0 aliphatic carbocycles. The average molecular weight is 398 g/mol. The molecule has 2 amide bonds. The van der Waals surface area contributed by atoms with Gasteiger partial charge in [0, 0.05) is 37.0 Å². The van der Waals surface area contributed by atoms with Gasteiger partial charge in [0.15, 0.2) is 0 Å². The minimum absolute atomic E-state index is 0.0182. The molecule has 1 fully saturated rings. The molecule has 2 aromatic rings. The molecular weight excluding hydrogens is 372 g/mol. The van der Waals surface area contributed by atoms with Crippen LogP contribution in [0.2, 0.25) is 0 Å². The van der Waals surface area contributed by atoms with Crippen LogP contribution in [0.25, 0.3) is 0 Å². The van der Waals surface area contributed by atoms with Crippen molar-refractivity contribution in [2.75, 3.05) is 32.9 Å². The first-order chi connectivity index (χ1) is 14.1. The van der Waals surface area contributed by atoms with E-state index >= 15 is 0 Å². The minimum atomic E-state index is -0.103. The number of aryl methyl sites for hydroxylation is 1. The molecule has 29 heavy (non-hydrogen) atoms. The van der Waals surface area contributed by atoms with Crippen LogP contribution in [0, 0.1) is 0 Å². The molecule has 1 aromatic carbocycles. The average Bonchev–Trinajstić information content (AvgIpc) is 3.18. The van der Waals surface area contributed by atoms with Gasteiger partial charge in [-0.2, -0.15) is 5.10 Å². The Kier molecular flexibility index (Phi) is 5.53. The topological polar surface area (TPSA) is 76.9 Å². The molecular formula is C21H26N4O4. The lowest BCUT2D eigenvalue weighted by Crippen LogP contribution is -2.41. The van der Waals surface area contributed by atoms with Crippen LogP contribution in [-0.4, -0.2) is 70.3 Å². The van der Waals surface area contributed by atoms with Gasteiger partial charge in [-0.25, -0.2) is 0 Å². The van der Waals surface area contributed by atoms with Gasteiger partial charge >= 0.3 is 0 Å². The molecule has 0 N–H and O–H groups in total. The SMILES string of the molecule is CCn1nccc1C(=O)N1Cc2cc(C(=O)N3CCOCC3)ccc2OC[C@@H]1C. The Balaban J connectivity index is 1.60. The Hall–Kier alpha value is -2.87. The molecule has 1 atom stereocenters. The third-order valence-electron chi connectivity index (χ3n) is 5.45. The third-order valence-corrected chi connectivity index (χ3v) is 5.45. The van der Waals surface area contributed by atoms with Gasteiger partial charge in [-0.05, 0) is 38.1 Å². The van der Waals surface area contributed by atoms with Crippen LogP contribution in [0.1, 0.15) is 40.3 Å². The lowest BCUT2D eigenvalue weighted by Gasteiger charge is -2.27. The van der Waals surface area contributed by atoms with E-state index in [0.29, 0.717) is 57.3 Å². The van der Waals surface area contributed by atoms with E-state index in [1.807, 2.05) is 26.0 Å². The Labute approximate surface area is 170 Å². The Bertz CT molecular complexity index is 904. The van der Waals surface area contributed by atoms with Gasteiger partial charge in [0.05, 0.1) is 25.8 Å². The first kappa shape index (κ1) is 19.4. The van der Waals surface area contributed by atoms with Crippen LogP contribution in [0.5, 0.6) is 5.75 Å². The zero-order valence-corrected chi connectivity index (χ0v) is 16.8. The summed E-state index contributed by atoms with van der Waals surface area (Å²) in [5.74, 6) is 0.614. The molecule has 2 aliphatic heterocycles. The number of hydrogen-bond acceptors (Lipinski definition) is 5. The zero-order valence-electron chi connectivity index (χ0n) is 16.8. The predicted molar refractivity (Wildman–Crippen MR) is 106 cm³/mol. The van der Waals surface area contributed by atoms with Crippen molar-refractivity contribution >= 4 is 11.8 Å². The van der Waals surface area contributed by atoms with Crippen LogP contribution < -0.4 is 4.74 Å². The lowest BCUT2D eigenvalue weighted by atomic mass is 10.1. The number of carbonyl (C=O) groups excluding carboxylic acids is 2. The highest BCUT2D eigenvalue weighted by molar-refractivity contribution is 5.95. The van der Waals surface area contributed by atoms with Gasteiger partial charge in [0.2, 0.25) is 0 Å². The third kappa shape index (κ3) is 3.85. The molecule has 3 heterocycles. The van der Waals surface area contributed by atoms with E-state index in [1.165, 1.54) is 0 Å². The van der Waals surface area contributed by atoms with Crippen molar-refractivity contribution in [2.24, 2.45) is 0 Å². The maximum atomic E-state index is 13.2. The number of fused-ring (bicyclic) bond motifs is 1. The predicted octanol–water partition coefficient (Wildman–Crippen LogP) is 1.80. The first-order valence-corrected chi connectivity index (χ1v) is 10.0. The van der Waals surface area contributed by atoms with E-state index in [4.69, 9.17) is 9.47 Å². The molecule has 1 aromatic heterocycles. The lowest BCUT2D eigenvalue weighted by molar-refractivity contribution is 0.0303. The van der Waals surface area contributed by atoms with Crippen molar-refractivity contribution in [3.05, 3.63) is 47.3 Å². The molecule has 0 radical (unpaired) electrons. The smallest absolute Gasteiger partial charge is 0.272 e. The minimum Gasteiger partial charge on any atom is -0.491 e. The van der Waals surface area contributed by atoms with Gasteiger partial charge < -0.3 is 19.3 Å². The van der Waals surface area contributed by atoms with Crippen LogP contribution in [0.3, 0.4) is 0 Å². The summed E-state index contributed by atoms with van der Waals surface area (Å²) in [6.45, 7) is 7.64. The second-order valence-electron chi connectivity index (χ2n) is 7.35. The van der Waals surface area contributed by atoms with Crippen molar-refractivity contribution in [2.45, 2.75) is 33.0 Å². The van der Waals surface area contributed by atoms with Crippen LogP contribution in [0.15, 0.2) is 30.5 Å². The second kappa shape index (κ2) is 8.24. The van der Waals surface area contributed by atoms with Crippen molar-refractivity contribution in [1.82, 2.24) is 19.6 Å². The van der Waals surface area contributed by atoms with E-state index in [0.717, 1.165) is 11.3 Å². The maximum Gasteiger partial charge on any atom is 0.272 e. The van der Waals surface area contributed by atoms with Gasteiger partial charge in [0.1, 0.15) is 18.1 Å². The van der Waals surface area contributed by atoms with E-state index in [2.05, 4.69) is 5.10 Å². The quantitative estimate of drug-likeness (QED) is 0.788. The van der Waals surface area contributed by atoms with Gasteiger partial charge in [0.25, 0.3) is 11.8 Å². The van der Waals surface area contributed by atoms with Crippen molar-refractivity contribution in [3.63, 3.8) is 0 Å². The van der Waals surface area contributed by atoms with Crippen LogP contribution >= 0.6 is 0 Å². The standard InChI is InChI=1S/C21H26N4O4/c1-3-25-18(6-7-22-25)21(27)24-13-17-12-16(4-5-19(17)29-14-15(24)2)20(26)23-8-10-28-11-9-23/h4-7,12,15H,3,8-11,13-14H2,1-2H3/t15-/m0/s1. The fraction of sp³-hybridized carbons (Fsp3) is 0.476. The van der Waals surface area contributed by atoms with E-state index in [9.17, 15) is 9.59 Å². The highest BCUT2D eigenvalue weighted by Crippen LogP contribution is 2.28. The number of aromatic nitrogens is 2. The number of nitrogens with zero attached hydrogens (tertiary/aromatic N) is 4. The molecule has 4 rings (SSSR count). The van der Waals surface area contributed by atoms with Crippen molar-refractivity contribution in [3.8, 4) is 5.75 Å². The van der Waals surface area contributed by atoms with Crippen LogP contribution in [-0.2, 0) is 17.8 Å². The summed E-state index contributed by atoms with van der Waals surface area (Å²) in [6.07, 6.45) is 1.64. The maximum absolute atomic E-state index is 13.2. The molecule has 8 heteroatoms. The molecule has 8 nitrogen and oxygen atoms in total. The largest absolute Gasteiger partial charge is 0.491 e. The van der Waals surface area contributed by atoms with Gasteiger partial charge in [-0.3, -0.25) is 14.3 Å². The molecule has 2 aliphatic rings. The summed E-state index contributed by atoms with van der Waals surface area (Å²) in [6, 6.07) is 7.12. The first-order valence-electron chi connectivity index (χ1n) is 10.0. The number of hydrogen-bond donors (Lipinski definition) is 0. The number of benzene rings is 1. The van der Waals surface area contributed by atoms with E-state index in [1.54, 1.807) is 32.8 Å². The van der Waals surface area contributed by atoms with Crippen molar-refractivity contribution < 1.29 is 19.1 Å². The van der Waals surface area contributed by atoms with Crippen molar-refractivity contribution in [1.29, 1.82) is 0 Å². The molecule has 0 spiro atoms. The summed E-state index contributed by atoms with van der Waals surface area (Å²) in [5.41, 5.74) is 2.00. The fourth-order valence-electron chi connectivity index (χ4n) is 3.75. The summed E-state index contributed by atoms with van der Waals surface area (Å²) in [5, 5.41) is 4.21. The molecule has 1 saturated heterocycles. The molecule has 0 saturated carbocycles. The summed E-state index contributed by atoms with van der Waals surface area (Å²) in [4.78, 5) is 29.6. The highest BCUT2D eigenvalue weighted by atomic mass is 16.5. The zero-order chi connectivity index (χ0) is 20.4. The molecule has 0 unspecified atom stereocenters. The van der Waals surface area contributed by atoms with Crippen LogP contribution in [0.4, 0.5) is 0 Å². The number of rotatable bonds is 3. The summed E-state index contributed by atoms with van der Waals surface area (Å²) in [7, 11) is 0. The Morgan fingerprint density at radius 3 is 2.72 bits per heavy atom. The number of amides is 2. The molecule has 0 bridgehead atoms. The van der Waals surface area contributed by atoms with E-state index in [-0.39, 0.29) is 17.9 Å². The monoisotopic (exact) mass is 398 g/mol. The molecule has 154 valence electrons. The number of ether oxygens (including phenoxy) is 2. The number of morpholine rings is 1.